The molecule has 0 radical (unpaired) electrons. The zero-order valence-electron chi connectivity index (χ0n) is 12.5. The van der Waals surface area contributed by atoms with Crippen LogP contribution in [-0.4, -0.2) is 56.7 Å². The molecule has 0 bridgehead atoms. The van der Waals surface area contributed by atoms with Gasteiger partial charge in [-0.2, -0.15) is 0 Å². The van der Waals surface area contributed by atoms with Crippen molar-refractivity contribution in [1.29, 1.82) is 0 Å². The number of unbranched alkanes of at least 4 members (excludes halogenated alkanes) is 1. The second-order valence-electron chi connectivity index (χ2n) is 5.68. The molecule has 0 saturated carbocycles. The fraction of sp³-hybridized carbons (Fsp3) is 1.00. The number of hydrogen-bond donors (Lipinski definition) is 0. The zero-order valence-corrected chi connectivity index (χ0v) is 12.5. The van der Waals surface area contributed by atoms with Crippen LogP contribution in [0.25, 0.3) is 0 Å². The number of nitrogens with zero attached hydrogens (tertiary/aromatic N) is 1. The van der Waals surface area contributed by atoms with Crippen molar-refractivity contribution < 1.29 is 14.2 Å². The summed E-state index contributed by atoms with van der Waals surface area (Å²) < 4.78 is 17.4. The van der Waals surface area contributed by atoms with E-state index in [1.165, 1.54) is 19.3 Å². The van der Waals surface area contributed by atoms with E-state index >= 15 is 0 Å². The molecule has 2 aliphatic heterocycles. The Bertz CT molecular complexity index is 244. The lowest BCUT2D eigenvalue weighted by Gasteiger charge is -2.28. The molecule has 0 unspecified atom stereocenters. The van der Waals surface area contributed by atoms with Crippen molar-refractivity contribution >= 4 is 0 Å². The van der Waals surface area contributed by atoms with E-state index in [9.17, 15) is 0 Å². The summed E-state index contributed by atoms with van der Waals surface area (Å²) in [4.78, 5) is 2.42. The predicted molar refractivity (Wildman–Crippen MR) is 75.2 cm³/mol. The van der Waals surface area contributed by atoms with Gasteiger partial charge in [-0.1, -0.05) is 26.7 Å². The van der Waals surface area contributed by atoms with Crippen LogP contribution in [0.1, 0.15) is 39.5 Å². The number of morpholine rings is 1. The normalized spacial score (nSPS) is 30.6. The van der Waals surface area contributed by atoms with E-state index in [0.717, 1.165) is 45.9 Å². The Hall–Kier alpha value is -0.160. The van der Waals surface area contributed by atoms with Crippen molar-refractivity contribution in [2.75, 3.05) is 39.5 Å². The Balaban J connectivity index is 1.71. The van der Waals surface area contributed by atoms with Gasteiger partial charge in [0.25, 0.3) is 0 Å². The molecule has 3 atom stereocenters. The maximum atomic E-state index is 6.11. The van der Waals surface area contributed by atoms with E-state index in [-0.39, 0.29) is 12.4 Å². The first kappa shape index (κ1) is 15.2. The van der Waals surface area contributed by atoms with Crippen molar-refractivity contribution in [3.63, 3.8) is 0 Å². The summed E-state index contributed by atoms with van der Waals surface area (Å²) >= 11 is 0. The predicted octanol–water partition coefficient (Wildman–Crippen LogP) is 2.28. The van der Waals surface area contributed by atoms with E-state index < -0.39 is 0 Å². The Labute approximate surface area is 117 Å². The maximum Gasteiger partial charge on any atom is 0.161 e. The van der Waals surface area contributed by atoms with Crippen LogP contribution >= 0.6 is 0 Å². The summed E-state index contributed by atoms with van der Waals surface area (Å²) in [7, 11) is 0. The van der Waals surface area contributed by atoms with Crippen molar-refractivity contribution in [3.8, 4) is 0 Å². The van der Waals surface area contributed by atoms with E-state index in [1.54, 1.807) is 0 Å². The lowest BCUT2D eigenvalue weighted by molar-refractivity contribution is -0.104. The molecule has 2 fully saturated rings. The minimum atomic E-state index is 0.0302. The van der Waals surface area contributed by atoms with E-state index in [0.29, 0.717) is 5.92 Å². The Morgan fingerprint density at radius 3 is 2.68 bits per heavy atom. The summed E-state index contributed by atoms with van der Waals surface area (Å²) in [5.74, 6) is 0.564. The summed E-state index contributed by atoms with van der Waals surface area (Å²) in [6.45, 7) is 9.98. The first-order valence-electron chi connectivity index (χ1n) is 7.90. The minimum absolute atomic E-state index is 0.0302. The first-order valence-corrected chi connectivity index (χ1v) is 7.90. The highest BCUT2D eigenvalue weighted by atomic mass is 16.7. The molecule has 2 saturated heterocycles. The van der Waals surface area contributed by atoms with Crippen LogP contribution in [0, 0.1) is 5.92 Å². The van der Waals surface area contributed by atoms with Crippen molar-refractivity contribution in [2.45, 2.75) is 51.9 Å². The minimum Gasteiger partial charge on any atom is -0.379 e. The molecule has 4 nitrogen and oxygen atoms in total. The fourth-order valence-electron chi connectivity index (χ4n) is 2.88. The van der Waals surface area contributed by atoms with Crippen molar-refractivity contribution in [3.05, 3.63) is 0 Å². The van der Waals surface area contributed by atoms with Gasteiger partial charge in [0.1, 0.15) is 0 Å². The molecular weight excluding hydrogens is 242 g/mol. The van der Waals surface area contributed by atoms with Crippen LogP contribution in [0.3, 0.4) is 0 Å². The number of rotatable bonds is 7. The molecule has 0 N–H and O–H groups in total. The molecule has 0 amide bonds. The summed E-state index contributed by atoms with van der Waals surface area (Å²) in [5.41, 5.74) is 0. The second kappa shape index (κ2) is 8.20. The third-order valence-electron chi connectivity index (χ3n) is 4.18. The average molecular weight is 271 g/mol. The van der Waals surface area contributed by atoms with Crippen LogP contribution in [0.5, 0.6) is 0 Å². The van der Waals surface area contributed by atoms with Gasteiger partial charge >= 0.3 is 0 Å². The molecule has 4 heteroatoms. The van der Waals surface area contributed by atoms with Crippen LogP contribution in [0.4, 0.5) is 0 Å². The van der Waals surface area contributed by atoms with E-state index in [2.05, 4.69) is 18.7 Å². The number of hydrogen-bond acceptors (Lipinski definition) is 4. The monoisotopic (exact) mass is 271 g/mol. The first-order chi connectivity index (χ1) is 9.33. The quantitative estimate of drug-likeness (QED) is 0.711. The summed E-state index contributed by atoms with van der Waals surface area (Å²) in [5, 5.41) is 0. The summed E-state index contributed by atoms with van der Waals surface area (Å²) in [6.07, 6.45) is 5.18. The highest BCUT2D eigenvalue weighted by Crippen LogP contribution is 2.26. The Morgan fingerprint density at radius 1 is 1.21 bits per heavy atom. The van der Waals surface area contributed by atoms with E-state index in [4.69, 9.17) is 14.2 Å². The Morgan fingerprint density at radius 2 is 2.00 bits per heavy atom. The van der Waals surface area contributed by atoms with Gasteiger partial charge in [-0.3, -0.25) is 4.90 Å². The summed E-state index contributed by atoms with van der Waals surface area (Å²) in [6, 6.07) is 0. The smallest absolute Gasteiger partial charge is 0.161 e. The molecule has 0 spiro atoms. The number of ether oxygens (including phenoxy) is 3. The Kier molecular flexibility index (Phi) is 6.57. The highest BCUT2D eigenvalue weighted by Gasteiger charge is 2.32. The SMILES string of the molecule is CCCC[C@H](CC)[C@H]1OC[C@H](CN2CCOCC2)O1. The third kappa shape index (κ3) is 4.71. The molecule has 0 aromatic heterocycles. The molecule has 0 aromatic rings. The standard InChI is InChI=1S/C15H29NO3/c1-3-5-6-13(4-2)15-18-12-14(19-15)11-16-7-9-17-10-8-16/h13-15H,3-12H2,1-2H3/t13-,14-,15-/m0/s1. The fourth-order valence-corrected chi connectivity index (χ4v) is 2.88. The lowest BCUT2D eigenvalue weighted by Crippen LogP contribution is -2.41. The molecule has 0 aromatic carbocycles. The molecule has 19 heavy (non-hydrogen) atoms. The largest absolute Gasteiger partial charge is 0.379 e. The van der Waals surface area contributed by atoms with Gasteiger partial charge in [0, 0.05) is 25.6 Å². The van der Waals surface area contributed by atoms with Crippen LogP contribution in [-0.2, 0) is 14.2 Å². The molecular formula is C15H29NO3. The third-order valence-corrected chi connectivity index (χ3v) is 4.18. The molecule has 2 aliphatic rings. The van der Waals surface area contributed by atoms with Gasteiger partial charge in [-0.25, -0.2) is 0 Å². The second-order valence-corrected chi connectivity index (χ2v) is 5.68. The molecule has 112 valence electrons. The van der Waals surface area contributed by atoms with Gasteiger partial charge in [-0.05, 0) is 12.8 Å². The van der Waals surface area contributed by atoms with Gasteiger partial charge in [0.2, 0.25) is 0 Å². The van der Waals surface area contributed by atoms with Gasteiger partial charge in [0.05, 0.1) is 25.9 Å². The zero-order chi connectivity index (χ0) is 13.5. The molecule has 2 rings (SSSR count). The highest BCUT2D eigenvalue weighted by molar-refractivity contribution is 4.75. The van der Waals surface area contributed by atoms with Crippen LogP contribution in [0.2, 0.25) is 0 Å². The van der Waals surface area contributed by atoms with Crippen LogP contribution in [0.15, 0.2) is 0 Å². The van der Waals surface area contributed by atoms with E-state index in [1.807, 2.05) is 0 Å². The van der Waals surface area contributed by atoms with Gasteiger partial charge in [-0.15, -0.1) is 0 Å². The van der Waals surface area contributed by atoms with Crippen molar-refractivity contribution in [1.82, 2.24) is 4.90 Å². The average Bonchev–Trinajstić information content (AvgIpc) is 2.89. The van der Waals surface area contributed by atoms with Gasteiger partial charge in [0.15, 0.2) is 6.29 Å². The molecule has 0 aliphatic carbocycles. The van der Waals surface area contributed by atoms with Gasteiger partial charge < -0.3 is 14.2 Å². The maximum absolute atomic E-state index is 6.11. The van der Waals surface area contributed by atoms with Crippen LogP contribution < -0.4 is 0 Å². The topological polar surface area (TPSA) is 30.9 Å². The van der Waals surface area contributed by atoms with Crippen molar-refractivity contribution in [2.24, 2.45) is 5.92 Å². The lowest BCUT2D eigenvalue weighted by atomic mass is 9.99. The molecule has 2 heterocycles.